The van der Waals surface area contributed by atoms with Crippen LogP contribution in [0.1, 0.15) is 142 Å². The van der Waals surface area contributed by atoms with E-state index in [2.05, 4.69) is 38.2 Å². The minimum absolute atomic E-state index is 0.902. The van der Waals surface area contributed by atoms with E-state index < -0.39 is 0 Å². The largest absolute Gasteiger partial charge is 0.0917 e. The van der Waals surface area contributed by atoms with Crippen molar-refractivity contribution in [1.29, 1.82) is 0 Å². The van der Waals surface area contributed by atoms with E-state index in [9.17, 15) is 0 Å². The van der Waals surface area contributed by atoms with Crippen LogP contribution in [0.4, 0.5) is 0 Å². The highest BCUT2D eigenvalue weighted by Crippen LogP contribution is 2.42. The van der Waals surface area contributed by atoms with Crippen LogP contribution in [0.3, 0.4) is 0 Å². The Hall–Kier alpha value is -0.520. The van der Waals surface area contributed by atoms with E-state index in [1.54, 1.807) is 25.7 Å². The third-order valence-electron chi connectivity index (χ3n) is 9.68. The molecule has 32 heavy (non-hydrogen) atoms. The first-order valence-corrected chi connectivity index (χ1v) is 15.1. The molecule has 3 saturated carbocycles. The maximum absolute atomic E-state index is 2.63. The summed E-state index contributed by atoms with van der Waals surface area (Å²) in [4.78, 5) is 0. The molecule has 0 heterocycles. The molecular weight excluding hydrogens is 384 g/mol. The monoisotopic (exact) mass is 440 g/mol. The standard InChI is InChI=1S/C32H56/c1-3-5-7-11-27-15-17-28(18-16-27)13-9-10-14-30-21-25-32(26-22-30)31-23-19-29(20-24-31)12-8-6-4-2/h3,5,10,14,27-32H,4,6-9,11-13,15-26H2,1-2H3/t27-,28-,29-,30-,31-,32-. The zero-order valence-electron chi connectivity index (χ0n) is 21.9. The van der Waals surface area contributed by atoms with Crippen molar-refractivity contribution < 1.29 is 0 Å². The number of rotatable bonds is 12. The van der Waals surface area contributed by atoms with Crippen molar-refractivity contribution in [2.75, 3.05) is 0 Å². The Morgan fingerprint density at radius 1 is 0.562 bits per heavy atom. The Labute approximate surface area is 202 Å². The van der Waals surface area contributed by atoms with E-state index in [1.807, 2.05) is 0 Å². The third-order valence-corrected chi connectivity index (χ3v) is 9.68. The Morgan fingerprint density at radius 3 is 1.62 bits per heavy atom. The minimum atomic E-state index is 0.902. The smallest absolute Gasteiger partial charge is 0.0233 e. The molecule has 3 rings (SSSR count). The predicted octanol–water partition coefficient (Wildman–Crippen LogP) is 10.7. The Balaban J connectivity index is 1.22. The maximum atomic E-state index is 2.63. The van der Waals surface area contributed by atoms with Crippen molar-refractivity contribution >= 4 is 0 Å². The highest BCUT2D eigenvalue weighted by atomic mass is 14.4. The van der Waals surface area contributed by atoms with Crippen LogP contribution in [-0.2, 0) is 0 Å². The maximum Gasteiger partial charge on any atom is -0.0233 e. The van der Waals surface area contributed by atoms with Gasteiger partial charge in [-0.1, -0.05) is 95.4 Å². The SMILES string of the molecule is CC=CCC[C@H]1CC[C@H](CCC=C[C@H]2CC[C@H]([C@H]3CC[C@H](CCCCC)CC3)CC2)CC1. The fourth-order valence-electron chi connectivity index (χ4n) is 7.37. The van der Waals surface area contributed by atoms with Crippen LogP contribution in [-0.4, -0.2) is 0 Å². The summed E-state index contributed by atoms with van der Waals surface area (Å²) in [6, 6.07) is 0. The lowest BCUT2D eigenvalue weighted by molar-refractivity contribution is 0.151. The minimum Gasteiger partial charge on any atom is -0.0917 e. The molecule has 184 valence electrons. The summed E-state index contributed by atoms with van der Waals surface area (Å²) >= 11 is 0. The second kappa shape index (κ2) is 15.4. The van der Waals surface area contributed by atoms with E-state index in [1.165, 1.54) is 103 Å². The van der Waals surface area contributed by atoms with E-state index in [4.69, 9.17) is 0 Å². The average molecular weight is 441 g/mol. The normalized spacial score (nSPS) is 34.4. The van der Waals surface area contributed by atoms with Crippen molar-refractivity contribution in [2.45, 2.75) is 142 Å². The molecule has 0 unspecified atom stereocenters. The van der Waals surface area contributed by atoms with Gasteiger partial charge in [-0.3, -0.25) is 0 Å². The molecule has 0 nitrogen and oxygen atoms in total. The summed E-state index contributed by atoms with van der Waals surface area (Å²) in [5, 5.41) is 0. The zero-order valence-corrected chi connectivity index (χ0v) is 21.9. The molecule has 0 heteroatoms. The van der Waals surface area contributed by atoms with Gasteiger partial charge in [0.15, 0.2) is 0 Å². The molecule has 0 atom stereocenters. The van der Waals surface area contributed by atoms with Gasteiger partial charge < -0.3 is 0 Å². The van der Waals surface area contributed by atoms with Gasteiger partial charge >= 0.3 is 0 Å². The average Bonchev–Trinajstić information content (AvgIpc) is 2.84. The van der Waals surface area contributed by atoms with Gasteiger partial charge in [0, 0.05) is 0 Å². The second-order valence-corrected chi connectivity index (χ2v) is 12.0. The Morgan fingerprint density at radius 2 is 1.06 bits per heavy atom. The third kappa shape index (κ3) is 9.38. The van der Waals surface area contributed by atoms with Crippen LogP contribution in [0, 0.1) is 35.5 Å². The topological polar surface area (TPSA) is 0 Å². The lowest BCUT2D eigenvalue weighted by Crippen LogP contribution is -2.25. The lowest BCUT2D eigenvalue weighted by atomic mass is 9.68. The first-order valence-electron chi connectivity index (χ1n) is 15.1. The number of unbranched alkanes of at least 4 members (excludes halogenated alkanes) is 2. The quantitative estimate of drug-likeness (QED) is 0.209. The van der Waals surface area contributed by atoms with Gasteiger partial charge in [0.05, 0.1) is 0 Å². The van der Waals surface area contributed by atoms with Gasteiger partial charge in [0.25, 0.3) is 0 Å². The van der Waals surface area contributed by atoms with E-state index >= 15 is 0 Å². The van der Waals surface area contributed by atoms with Crippen molar-refractivity contribution in [3.8, 4) is 0 Å². The van der Waals surface area contributed by atoms with Crippen LogP contribution in [0.25, 0.3) is 0 Å². The summed E-state index contributed by atoms with van der Waals surface area (Å²) in [5.74, 6) is 6.16. The number of allylic oxidation sites excluding steroid dienone is 4. The molecule has 0 N–H and O–H groups in total. The van der Waals surface area contributed by atoms with E-state index in [-0.39, 0.29) is 0 Å². The fraction of sp³-hybridized carbons (Fsp3) is 0.875. The molecule has 0 aromatic rings. The molecule has 0 spiro atoms. The molecule has 0 aromatic heterocycles. The van der Waals surface area contributed by atoms with Crippen molar-refractivity contribution in [1.82, 2.24) is 0 Å². The van der Waals surface area contributed by atoms with Gasteiger partial charge in [-0.05, 0) is 107 Å². The van der Waals surface area contributed by atoms with Crippen LogP contribution in [0.5, 0.6) is 0 Å². The second-order valence-electron chi connectivity index (χ2n) is 12.0. The first-order chi connectivity index (χ1) is 15.8. The van der Waals surface area contributed by atoms with Crippen LogP contribution in [0.15, 0.2) is 24.3 Å². The zero-order chi connectivity index (χ0) is 22.4. The van der Waals surface area contributed by atoms with E-state index in [0.29, 0.717) is 0 Å². The van der Waals surface area contributed by atoms with Crippen LogP contribution < -0.4 is 0 Å². The van der Waals surface area contributed by atoms with Gasteiger partial charge in [-0.25, -0.2) is 0 Å². The molecule has 0 radical (unpaired) electrons. The molecule has 0 aliphatic heterocycles. The van der Waals surface area contributed by atoms with Gasteiger partial charge in [-0.15, -0.1) is 0 Å². The van der Waals surface area contributed by atoms with Gasteiger partial charge in [0.2, 0.25) is 0 Å². The number of hydrogen-bond donors (Lipinski definition) is 0. The molecule has 0 saturated heterocycles. The van der Waals surface area contributed by atoms with Crippen LogP contribution >= 0.6 is 0 Å². The highest BCUT2D eigenvalue weighted by molar-refractivity contribution is 4.93. The molecule has 0 bridgehead atoms. The molecule has 0 amide bonds. The Bertz CT molecular complexity index is 504. The summed E-state index contributed by atoms with van der Waals surface area (Å²) in [6.07, 6.45) is 39.4. The van der Waals surface area contributed by atoms with E-state index in [0.717, 1.165) is 35.5 Å². The van der Waals surface area contributed by atoms with Crippen molar-refractivity contribution in [3.05, 3.63) is 24.3 Å². The van der Waals surface area contributed by atoms with Crippen molar-refractivity contribution in [2.24, 2.45) is 35.5 Å². The predicted molar refractivity (Wildman–Crippen MR) is 143 cm³/mol. The van der Waals surface area contributed by atoms with Crippen LogP contribution in [0.2, 0.25) is 0 Å². The van der Waals surface area contributed by atoms with Gasteiger partial charge in [0.1, 0.15) is 0 Å². The molecule has 3 fully saturated rings. The Kier molecular flexibility index (Phi) is 12.6. The molecule has 3 aliphatic rings. The first kappa shape index (κ1) is 26.1. The molecule has 0 aromatic carbocycles. The molecule has 3 aliphatic carbocycles. The van der Waals surface area contributed by atoms with Crippen molar-refractivity contribution in [3.63, 3.8) is 0 Å². The summed E-state index contributed by atoms with van der Waals surface area (Å²) < 4.78 is 0. The fourth-order valence-corrected chi connectivity index (χ4v) is 7.37. The summed E-state index contributed by atoms with van der Waals surface area (Å²) in [5.41, 5.74) is 0. The highest BCUT2D eigenvalue weighted by Gasteiger charge is 2.30. The molecular formula is C32H56. The lowest BCUT2D eigenvalue weighted by Gasteiger charge is -2.37. The number of hydrogen-bond acceptors (Lipinski definition) is 0. The van der Waals surface area contributed by atoms with Gasteiger partial charge in [-0.2, -0.15) is 0 Å². The summed E-state index contributed by atoms with van der Waals surface area (Å²) in [7, 11) is 0. The summed E-state index contributed by atoms with van der Waals surface area (Å²) in [6.45, 7) is 4.48.